The van der Waals surface area contributed by atoms with Gasteiger partial charge in [-0.15, -0.1) is 0 Å². The first-order valence-electron chi connectivity index (χ1n) is 2.86. The lowest BCUT2D eigenvalue weighted by Crippen LogP contribution is -2.11. The van der Waals surface area contributed by atoms with Gasteiger partial charge in [0.25, 0.3) is 0 Å². The van der Waals surface area contributed by atoms with Gasteiger partial charge >= 0.3 is 5.69 Å². The van der Waals surface area contributed by atoms with E-state index in [1.54, 1.807) is 7.05 Å². The fourth-order valence-corrected chi connectivity index (χ4v) is 0.302. The minimum Gasteiger partial charge on any atom is -0.285 e. The maximum atomic E-state index is 10.3. The Morgan fingerprint density at radius 1 is 1.67 bits per heavy atom. The molecule has 52 valence electrons. The molecule has 0 saturated heterocycles. The summed E-state index contributed by atoms with van der Waals surface area (Å²) in [6.07, 6.45) is 1.42. The zero-order chi connectivity index (χ0) is 7.28. The summed E-state index contributed by atoms with van der Waals surface area (Å²) in [5.74, 6) is 0. The highest BCUT2D eigenvalue weighted by atomic mass is 16.1. The van der Waals surface area contributed by atoms with Crippen molar-refractivity contribution in [2.75, 3.05) is 0 Å². The van der Waals surface area contributed by atoms with E-state index in [-0.39, 0.29) is 5.69 Å². The molecule has 0 aliphatic rings. The zero-order valence-electron chi connectivity index (χ0n) is 5.88. The van der Waals surface area contributed by atoms with Crippen LogP contribution in [0, 0.1) is 0 Å². The highest BCUT2D eigenvalue weighted by molar-refractivity contribution is 4.56. The molecular weight excluding hydrogens is 118 g/mol. The van der Waals surface area contributed by atoms with Crippen molar-refractivity contribution in [1.82, 2.24) is 14.8 Å². The number of H-pyrrole nitrogens is 1. The Kier molecular flexibility index (Phi) is 3.43. The summed E-state index contributed by atoms with van der Waals surface area (Å²) < 4.78 is 1.36. The zero-order valence-corrected chi connectivity index (χ0v) is 5.88. The molecule has 0 fully saturated rings. The highest BCUT2D eigenvalue weighted by Gasteiger charge is 1.82. The van der Waals surface area contributed by atoms with Crippen LogP contribution < -0.4 is 5.69 Å². The maximum absolute atomic E-state index is 10.3. The van der Waals surface area contributed by atoms with Crippen LogP contribution in [0.5, 0.6) is 0 Å². The first kappa shape index (κ1) is 7.94. The Morgan fingerprint density at radius 3 is 2.33 bits per heavy atom. The second kappa shape index (κ2) is 3.88. The van der Waals surface area contributed by atoms with Gasteiger partial charge in [-0.2, -0.15) is 5.10 Å². The van der Waals surface area contributed by atoms with Crippen molar-refractivity contribution < 1.29 is 0 Å². The average molecular weight is 129 g/mol. The molecule has 0 atom stereocenters. The second-order valence-corrected chi connectivity index (χ2v) is 1.27. The third-order valence-corrected chi connectivity index (χ3v) is 0.711. The number of aromatic nitrogens is 3. The Hall–Kier alpha value is -1.06. The molecule has 0 radical (unpaired) electrons. The van der Waals surface area contributed by atoms with E-state index < -0.39 is 0 Å². The van der Waals surface area contributed by atoms with Gasteiger partial charge in [0, 0.05) is 7.05 Å². The largest absolute Gasteiger partial charge is 0.342 e. The lowest BCUT2D eigenvalue weighted by atomic mass is 11.0. The molecule has 1 N–H and O–H groups in total. The molecular formula is C5H11N3O. The maximum Gasteiger partial charge on any atom is 0.342 e. The highest BCUT2D eigenvalue weighted by Crippen LogP contribution is 1.57. The van der Waals surface area contributed by atoms with Gasteiger partial charge < -0.3 is 0 Å². The van der Waals surface area contributed by atoms with Gasteiger partial charge in [-0.05, 0) is 0 Å². The van der Waals surface area contributed by atoms with E-state index in [4.69, 9.17) is 0 Å². The monoisotopic (exact) mass is 129 g/mol. The third-order valence-electron chi connectivity index (χ3n) is 0.711. The predicted molar refractivity (Wildman–Crippen MR) is 35.2 cm³/mol. The van der Waals surface area contributed by atoms with E-state index >= 15 is 0 Å². The van der Waals surface area contributed by atoms with Crippen LogP contribution in [-0.4, -0.2) is 14.8 Å². The van der Waals surface area contributed by atoms with Gasteiger partial charge in [-0.25, -0.2) is 9.89 Å². The average Bonchev–Trinajstić information content (AvgIpc) is 2.23. The molecule has 0 aromatic carbocycles. The van der Waals surface area contributed by atoms with Crippen molar-refractivity contribution >= 4 is 0 Å². The number of aryl methyl sites for hydroxylation is 1. The van der Waals surface area contributed by atoms with Crippen LogP contribution in [0.15, 0.2) is 11.1 Å². The van der Waals surface area contributed by atoms with Crippen molar-refractivity contribution in [3.8, 4) is 0 Å². The molecule has 9 heavy (non-hydrogen) atoms. The first-order valence-corrected chi connectivity index (χ1v) is 2.86. The smallest absolute Gasteiger partial charge is 0.285 e. The summed E-state index contributed by atoms with van der Waals surface area (Å²) in [4.78, 5) is 10.3. The van der Waals surface area contributed by atoms with Crippen molar-refractivity contribution in [2.24, 2.45) is 7.05 Å². The fourth-order valence-electron chi connectivity index (χ4n) is 0.302. The van der Waals surface area contributed by atoms with Gasteiger partial charge in [-0.1, -0.05) is 13.8 Å². The van der Waals surface area contributed by atoms with Crippen molar-refractivity contribution in [3.05, 3.63) is 16.8 Å². The van der Waals surface area contributed by atoms with Crippen molar-refractivity contribution in [2.45, 2.75) is 13.8 Å². The van der Waals surface area contributed by atoms with Gasteiger partial charge in [-0.3, -0.25) is 4.57 Å². The summed E-state index contributed by atoms with van der Waals surface area (Å²) in [7, 11) is 1.63. The topological polar surface area (TPSA) is 50.7 Å². The lowest BCUT2D eigenvalue weighted by Gasteiger charge is -1.74. The van der Waals surface area contributed by atoms with E-state index in [9.17, 15) is 4.79 Å². The van der Waals surface area contributed by atoms with E-state index in [0.717, 1.165) is 0 Å². The number of hydrogen-bond acceptors (Lipinski definition) is 2. The molecule has 1 aromatic rings. The van der Waals surface area contributed by atoms with Crippen LogP contribution in [0.3, 0.4) is 0 Å². The Morgan fingerprint density at radius 2 is 2.22 bits per heavy atom. The summed E-state index contributed by atoms with van der Waals surface area (Å²) in [6, 6.07) is 0. The quantitative estimate of drug-likeness (QED) is 0.541. The molecule has 0 aliphatic heterocycles. The normalized spacial score (nSPS) is 7.89. The summed E-state index contributed by atoms with van der Waals surface area (Å²) in [5.41, 5.74) is -0.181. The van der Waals surface area contributed by atoms with Crippen LogP contribution in [0.1, 0.15) is 13.8 Å². The van der Waals surface area contributed by atoms with Crippen LogP contribution >= 0.6 is 0 Å². The van der Waals surface area contributed by atoms with E-state index in [1.165, 1.54) is 10.9 Å². The Labute approximate surface area is 53.5 Å². The fraction of sp³-hybridized carbons (Fsp3) is 0.600. The molecule has 1 heterocycles. The first-order chi connectivity index (χ1) is 4.30. The number of hydrogen-bond donors (Lipinski definition) is 1. The second-order valence-electron chi connectivity index (χ2n) is 1.27. The van der Waals surface area contributed by atoms with Crippen molar-refractivity contribution in [3.63, 3.8) is 0 Å². The van der Waals surface area contributed by atoms with Crippen molar-refractivity contribution in [1.29, 1.82) is 0 Å². The number of rotatable bonds is 0. The molecule has 0 saturated carbocycles. The van der Waals surface area contributed by atoms with Crippen LogP contribution in [0.2, 0.25) is 0 Å². The van der Waals surface area contributed by atoms with Gasteiger partial charge in [0.1, 0.15) is 6.33 Å². The van der Waals surface area contributed by atoms with E-state index in [2.05, 4.69) is 10.2 Å². The lowest BCUT2D eigenvalue weighted by molar-refractivity contribution is 0.862. The van der Waals surface area contributed by atoms with E-state index in [0.29, 0.717) is 0 Å². The van der Waals surface area contributed by atoms with Crippen LogP contribution in [0.25, 0.3) is 0 Å². The predicted octanol–water partition coefficient (Wildman–Crippen LogP) is 0.135. The Bertz CT molecular complexity index is 200. The molecule has 1 aromatic heterocycles. The molecule has 0 bridgehead atoms. The summed E-state index contributed by atoms with van der Waals surface area (Å²) >= 11 is 0. The van der Waals surface area contributed by atoms with E-state index in [1.807, 2.05) is 13.8 Å². The standard InChI is InChI=1S/C3H5N3O.C2H6/c1-6-2-4-5-3(6)7;1-2/h2H,1H3,(H,5,7);1-2H3. The molecule has 4 nitrogen and oxygen atoms in total. The molecule has 0 unspecified atom stereocenters. The Balaban J connectivity index is 0.000000291. The van der Waals surface area contributed by atoms with Crippen LogP contribution in [-0.2, 0) is 7.05 Å². The minimum absolute atomic E-state index is 0.181. The summed E-state index contributed by atoms with van der Waals surface area (Å²) in [6.45, 7) is 4.00. The van der Waals surface area contributed by atoms with Gasteiger partial charge in [0.05, 0.1) is 0 Å². The molecule has 0 amide bonds. The minimum atomic E-state index is -0.181. The summed E-state index contributed by atoms with van der Waals surface area (Å²) in [5, 5.41) is 5.67. The molecule has 1 rings (SSSR count). The SMILES string of the molecule is CC.Cn1cn[nH]c1=O. The van der Waals surface area contributed by atoms with Gasteiger partial charge in [0.15, 0.2) is 0 Å². The number of nitrogens with zero attached hydrogens (tertiary/aromatic N) is 2. The third kappa shape index (κ3) is 2.12. The number of nitrogens with one attached hydrogen (secondary N) is 1. The van der Waals surface area contributed by atoms with Gasteiger partial charge in [0.2, 0.25) is 0 Å². The molecule has 4 heteroatoms. The van der Waals surface area contributed by atoms with Crippen LogP contribution in [0.4, 0.5) is 0 Å². The molecule has 0 aliphatic carbocycles. The number of aromatic amines is 1. The molecule has 0 spiro atoms.